The molecule has 0 aliphatic carbocycles. The van der Waals surface area contributed by atoms with Gasteiger partial charge >= 0.3 is 5.97 Å². The fourth-order valence-corrected chi connectivity index (χ4v) is 1.85. The monoisotopic (exact) mass is 270 g/mol. The zero-order valence-electron chi connectivity index (χ0n) is 7.78. The van der Waals surface area contributed by atoms with E-state index in [1.807, 2.05) is 0 Å². The second-order valence-corrected chi connectivity index (χ2v) is 3.74. The van der Waals surface area contributed by atoms with Crippen molar-refractivity contribution in [1.82, 2.24) is 0 Å². The minimum absolute atomic E-state index is 0.181. The van der Waals surface area contributed by atoms with E-state index in [-0.39, 0.29) is 11.5 Å². The number of aromatic carboxylic acids is 1. The summed E-state index contributed by atoms with van der Waals surface area (Å²) in [6.07, 6.45) is 0. The number of carbonyl (C=O) groups is 1. The van der Waals surface area contributed by atoms with Crippen molar-refractivity contribution in [1.29, 1.82) is 0 Å². The maximum Gasteiger partial charge on any atom is 0.375 e. The van der Waals surface area contributed by atoms with Gasteiger partial charge in [0, 0.05) is 0 Å². The van der Waals surface area contributed by atoms with Crippen LogP contribution in [0.2, 0.25) is 0 Å². The molecule has 0 amide bonds. The van der Waals surface area contributed by atoms with Crippen molar-refractivity contribution in [2.45, 2.75) is 0 Å². The third-order valence-corrected chi connectivity index (χ3v) is 2.64. The van der Waals surface area contributed by atoms with Crippen LogP contribution in [0.1, 0.15) is 10.6 Å². The highest BCUT2D eigenvalue weighted by molar-refractivity contribution is 9.10. The smallest absolute Gasteiger partial charge is 0.375 e. The molecule has 0 aliphatic heterocycles. The Balaban J connectivity index is 2.84. The summed E-state index contributed by atoms with van der Waals surface area (Å²) in [6.45, 7) is 0. The van der Waals surface area contributed by atoms with Crippen LogP contribution >= 0.6 is 15.9 Å². The molecule has 1 aromatic heterocycles. The van der Waals surface area contributed by atoms with Gasteiger partial charge in [-0.15, -0.1) is 0 Å². The molecule has 4 nitrogen and oxygen atoms in total. The van der Waals surface area contributed by atoms with Crippen molar-refractivity contribution in [2.75, 3.05) is 7.11 Å². The second kappa shape index (κ2) is 3.58. The number of benzene rings is 1. The second-order valence-electron chi connectivity index (χ2n) is 2.89. The molecule has 2 aromatic rings. The van der Waals surface area contributed by atoms with Gasteiger partial charge in [-0.2, -0.15) is 0 Å². The number of methoxy groups -OCH3 is 1. The van der Waals surface area contributed by atoms with Gasteiger partial charge in [0.05, 0.1) is 17.0 Å². The van der Waals surface area contributed by atoms with Crippen LogP contribution in [0.4, 0.5) is 0 Å². The number of carboxylic acids is 1. The molecule has 2 rings (SSSR count). The molecule has 5 heteroatoms. The van der Waals surface area contributed by atoms with Gasteiger partial charge in [0.2, 0.25) is 0 Å². The van der Waals surface area contributed by atoms with E-state index < -0.39 is 5.97 Å². The van der Waals surface area contributed by atoms with Crippen molar-refractivity contribution in [3.8, 4) is 5.75 Å². The summed E-state index contributed by atoms with van der Waals surface area (Å²) in [4.78, 5) is 10.9. The summed E-state index contributed by atoms with van der Waals surface area (Å²) in [5.74, 6) is -1.08. The number of hydrogen-bond donors (Lipinski definition) is 1. The lowest BCUT2D eigenvalue weighted by atomic mass is 10.2. The molecule has 0 bridgehead atoms. The molecule has 0 radical (unpaired) electrons. The molecular weight excluding hydrogens is 264 g/mol. The molecule has 15 heavy (non-hydrogen) atoms. The van der Waals surface area contributed by atoms with Crippen LogP contribution in [0.15, 0.2) is 27.1 Å². The van der Waals surface area contributed by atoms with Crippen molar-refractivity contribution in [2.24, 2.45) is 0 Å². The highest BCUT2D eigenvalue weighted by atomic mass is 79.9. The van der Waals surface area contributed by atoms with E-state index >= 15 is 0 Å². The van der Waals surface area contributed by atoms with Crippen LogP contribution in [0.25, 0.3) is 11.0 Å². The molecule has 0 saturated carbocycles. The fourth-order valence-electron chi connectivity index (χ4n) is 1.41. The normalized spacial score (nSPS) is 10.5. The van der Waals surface area contributed by atoms with Gasteiger partial charge in [-0.05, 0) is 28.1 Å². The largest absolute Gasteiger partial charge is 0.492 e. The maximum atomic E-state index is 10.9. The van der Waals surface area contributed by atoms with E-state index in [0.29, 0.717) is 15.4 Å². The third kappa shape index (κ3) is 1.48. The Hall–Kier alpha value is -1.49. The van der Waals surface area contributed by atoms with E-state index in [9.17, 15) is 4.79 Å². The fraction of sp³-hybridized carbons (Fsp3) is 0.100. The van der Waals surface area contributed by atoms with E-state index in [1.54, 1.807) is 18.2 Å². The number of hydrogen-bond acceptors (Lipinski definition) is 3. The van der Waals surface area contributed by atoms with Crippen molar-refractivity contribution in [3.05, 3.63) is 28.4 Å². The molecule has 1 aromatic carbocycles. The molecule has 0 unspecified atom stereocenters. The molecule has 1 N–H and O–H groups in total. The average Bonchev–Trinajstić information content (AvgIpc) is 2.57. The van der Waals surface area contributed by atoms with Gasteiger partial charge in [-0.25, -0.2) is 4.79 Å². The van der Waals surface area contributed by atoms with Crippen LogP contribution in [-0.2, 0) is 0 Å². The minimum Gasteiger partial charge on any atom is -0.492 e. The first-order valence-electron chi connectivity index (χ1n) is 4.13. The summed E-state index contributed by atoms with van der Waals surface area (Å²) in [7, 11) is 1.41. The van der Waals surface area contributed by atoms with E-state index in [4.69, 9.17) is 14.3 Å². The van der Waals surface area contributed by atoms with Crippen molar-refractivity contribution < 1.29 is 19.1 Å². The highest BCUT2D eigenvalue weighted by Gasteiger charge is 2.21. The number of furan rings is 1. The number of carboxylic acid groups (broad SMARTS) is 1. The molecule has 0 atom stereocenters. The van der Waals surface area contributed by atoms with Crippen LogP contribution in [0.3, 0.4) is 0 Å². The first kappa shape index (κ1) is 10.0. The number of ether oxygens (including phenoxy) is 1. The summed E-state index contributed by atoms with van der Waals surface area (Å²) in [6, 6.07) is 5.31. The lowest BCUT2D eigenvalue weighted by molar-refractivity contribution is 0.0660. The van der Waals surface area contributed by atoms with Gasteiger partial charge < -0.3 is 14.3 Å². The van der Waals surface area contributed by atoms with Crippen LogP contribution in [0.5, 0.6) is 5.75 Å². The van der Waals surface area contributed by atoms with Gasteiger partial charge in [-0.1, -0.05) is 6.07 Å². The number of halogens is 1. The zero-order valence-corrected chi connectivity index (χ0v) is 9.37. The predicted octanol–water partition coefficient (Wildman–Crippen LogP) is 2.90. The first-order chi connectivity index (χ1) is 7.15. The van der Waals surface area contributed by atoms with Gasteiger partial charge in [0.1, 0.15) is 0 Å². The Morgan fingerprint density at radius 3 is 2.87 bits per heavy atom. The Morgan fingerprint density at radius 2 is 2.27 bits per heavy atom. The SMILES string of the molecule is COc1c(C(=O)O)oc2c(Br)cccc12. The quantitative estimate of drug-likeness (QED) is 0.912. The summed E-state index contributed by atoms with van der Waals surface area (Å²) >= 11 is 3.28. The number of para-hydroxylation sites is 1. The van der Waals surface area contributed by atoms with Crippen LogP contribution in [-0.4, -0.2) is 18.2 Å². The Bertz CT molecular complexity index is 529. The Labute approximate surface area is 93.6 Å². The Morgan fingerprint density at radius 1 is 1.53 bits per heavy atom. The summed E-state index contributed by atoms with van der Waals surface area (Å²) in [5.41, 5.74) is 0.478. The highest BCUT2D eigenvalue weighted by Crippen LogP contribution is 2.36. The average molecular weight is 271 g/mol. The van der Waals surface area contributed by atoms with Gasteiger partial charge in [-0.3, -0.25) is 0 Å². The zero-order chi connectivity index (χ0) is 11.0. The topological polar surface area (TPSA) is 59.7 Å². The summed E-state index contributed by atoms with van der Waals surface area (Å²) < 4.78 is 10.9. The molecule has 0 fully saturated rings. The van der Waals surface area contributed by atoms with Gasteiger partial charge in [0.15, 0.2) is 11.3 Å². The van der Waals surface area contributed by atoms with E-state index in [1.165, 1.54) is 7.11 Å². The number of fused-ring (bicyclic) bond motifs is 1. The molecule has 78 valence electrons. The molecular formula is C10H7BrO4. The van der Waals surface area contributed by atoms with Crippen LogP contribution in [0, 0.1) is 0 Å². The van der Waals surface area contributed by atoms with Crippen molar-refractivity contribution >= 4 is 32.9 Å². The molecule has 0 saturated heterocycles. The van der Waals surface area contributed by atoms with Gasteiger partial charge in [0.25, 0.3) is 5.76 Å². The Kier molecular flexibility index (Phi) is 2.40. The standard InChI is InChI=1S/C10H7BrO4/c1-14-8-5-3-2-4-6(11)7(5)15-9(8)10(12)13/h2-4H,1H3,(H,12,13). The maximum absolute atomic E-state index is 10.9. The third-order valence-electron chi connectivity index (χ3n) is 2.02. The first-order valence-corrected chi connectivity index (χ1v) is 4.92. The molecule has 1 heterocycles. The minimum atomic E-state index is -1.14. The number of rotatable bonds is 2. The lowest BCUT2D eigenvalue weighted by Gasteiger charge is -1.96. The van der Waals surface area contributed by atoms with E-state index in [0.717, 1.165) is 0 Å². The van der Waals surface area contributed by atoms with Crippen molar-refractivity contribution in [3.63, 3.8) is 0 Å². The van der Waals surface area contributed by atoms with E-state index in [2.05, 4.69) is 15.9 Å². The predicted molar refractivity (Wildman–Crippen MR) is 57.4 cm³/mol. The molecule has 0 aliphatic rings. The van der Waals surface area contributed by atoms with Crippen LogP contribution < -0.4 is 4.74 Å². The summed E-state index contributed by atoms with van der Waals surface area (Å²) in [5, 5.41) is 9.54. The molecule has 0 spiro atoms. The lowest BCUT2D eigenvalue weighted by Crippen LogP contribution is -1.96.